The molecule has 0 unspecified atom stereocenters. The Morgan fingerprint density at radius 1 is 1.42 bits per heavy atom. The van der Waals surface area contributed by atoms with Gasteiger partial charge in [0.1, 0.15) is 11.5 Å². The molecule has 0 aliphatic rings. The van der Waals surface area contributed by atoms with Crippen LogP contribution in [0, 0.1) is 5.82 Å². The van der Waals surface area contributed by atoms with Crippen LogP contribution in [0.1, 0.15) is 20.8 Å². The van der Waals surface area contributed by atoms with E-state index in [4.69, 9.17) is 16.7 Å². The maximum atomic E-state index is 13.5. The van der Waals surface area contributed by atoms with E-state index in [9.17, 15) is 14.0 Å². The largest absolute Gasteiger partial charge is 0.477 e. The van der Waals surface area contributed by atoms with Gasteiger partial charge in [0, 0.05) is 6.07 Å². The Hall–Kier alpha value is -2.41. The Balaban J connectivity index is 2.23. The van der Waals surface area contributed by atoms with Gasteiger partial charge in [-0.1, -0.05) is 17.7 Å². The Bertz CT molecular complexity index is 636. The van der Waals surface area contributed by atoms with Gasteiger partial charge in [0.2, 0.25) is 0 Å². The lowest BCUT2D eigenvalue weighted by Crippen LogP contribution is -2.14. The number of H-pyrrole nitrogens is 1. The fraction of sp³-hybridized carbons (Fsp3) is 0. The summed E-state index contributed by atoms with van der Waals surface area (Å²) in [5.41, 5.74) is -0.529. The Morgan fingerprint density at radius 3 is 2.74 bits per heavy atom. The lowest BCUT2D eigenvalue weighted by molar-refractivity contribution is 0.0690. The van der Waals surface area contributed by atoms with Gasteiger partial charge in [-0.15, -0.1) is 0 Å². The Morgan fingerprint density at radius 2 is 2.16 bits per heavy atom. The first kappa shape index (κ1) is 13.0. The van der Waals surface area contributed by atoms with Crippen molar-refractivity contribution in [2.75, 3.05) is 5.32 Å². The topological polar surface area (TPSA) is 95.1 Å². The monoisotopic (exact) mass is 283 g/mol. The van der Waals surface area contributed by atoms with Gasteiger partial charge in [0.15, 0.2) is 5.82 Å². The molecule has 1 aromatic carbocycles. The molecule has 0 bridgehead atoms. The van der Waals surface area contributed by atoms with Crippen molar-refractivity contribution in [2.24, 2.45) is 0 Å². The minimum absolute atomic E-state index is 0.0401. The van der Waals surface area contributed by atoms with Gasteiger partial charge in [-0.05, 0) is 12.1 Å². The molecule has 6 nitrogen and oxygen atoms in total. The van der Waals surface area contributed by atoms with Crippen molar-refractivity contribution in [2.45, 2.75) is 0 Å². The number of nitrogens with zero attached hydrogens (tertiary/aromatic N) is 1. The zero-order chi connectivity index (χ0) is 14.0. The molecule has 1 aromatic heterocycles. The van der Waals surface area contributed by atoms with Crippen LogP contribution in [0.25, 0.3) is 0 Å². The maximum absolute atomic E-state index is 13.5. The van der Waals surface area contributed by atoms with Gasteiger partial charge >= 0.3 is 5.97 Å². The molecule has 0 atom stereocenters. The van der Waals surface area contributed by atoms with E-state index < -0.39 is 17.7 Å². The van der Waals surface area contributed by atoms with Crippen LogP contribution in [0.3, 0.4) is 0 Å². The van der Waals surface area contributed by atoms with E-state index in [2.05, 4.69) is 15.5 Å². The fourth-order valence-electron chi connectivity index (χ4n) is 1.39. The summed E-state index contributed by atoms with van der Waals surface area (Å²) in [5.74, 6) is -2.86. The quantitative estimate of drug-likeness (QED) is 0.804. The van der Waals surface area contributed by atoms with E-state index in [0.717, 1.165) is 12.1 Å². The number of halogens is 2. The number of carbonyl (C=O) groups excluding carboxylic acids is 1. The molecule has 0 aliphatic carbocycles. The Kier molecular flexibility index (Phi) is 3.48. The van der Waals surface area contributed by atoms with Crippen LogP contribution < -0.4 is 5.32 Å². The zero-order valence-corrected chi connectivity index (χ0v) is 10.0. The molecular weight excluding hydrogens is 277 g/mol. The highest BCUT2D eigenvalue weighted by Gasteiger charge is 2.17. The number of aromatic carboxylic acids is 1. The summed E-state index contributed by atoms with van der Waals surface area (Å²) < 4.78 is 13.5. The SMILES string of the molecule is O=C(O)c1cc(NC(=O)c2c(F)cccc2Cl)n[nH]1. The predicted octanol–water partition coefficient (Wildman–Crippen LogP) is 2.15. The second-order valence-corrected chi connectivity index (χ2v) is 3.93. The summed E-state index contributed by atoms with van der Waals surface area (Å²) in [4.78, 5) is 22.4. The summed E-state index contributed by atoms with van der Waals surface area (Å²) in [6.07, 6.45) is 0. The van der Waals surface area contributed by atoms with Crippen LogP contribution in [-0.4, -0.2) is 27.2 Å². The number of carboxylic acid groups (broad SMARTS) is 1. The van der Waals surface area contributed by atoms with Crippen LogP contribution in [0.5, 0.6) is 0 Å². The molecule has 2 aromatic rings. The summed E-state index contributed by atoms with van der Waals surface area (Å²) in [6.45, 7) is 0. The number of carboxylic acids is 1. The maximum Gasteiger partial charge on any atom is 0.353 e. The third kappa shape index (κ3) is 2.71. The highest BCUT2D eigenvalue weighted by atomic mass is 35.5. The van der Waals surface area contributed by atoms with Crippen LogP contribution in [0.2, 0.25) is 5.02 Å². The van der Waals surface area contributed by atoms with Crippen molar-refractivity contribution in [3.8, 4) is 0 Å². The van der Waals surface area contributed by atoms with Gasteiger partial charge in [-0.3, -0.25) is 9.89 Å². The molecule has 2 rings (SSSR count). The predicted molar refractivity (Wildman–Crippen MR) is 64.9 cm³/mol. The molecule has 0 saturated carbocycles. The molecule has 0 saturated heterocycles. The number of aromatic nitrogens is 2. The van der Waals surface area contributed by atoms with Crippen molar-refractivity contribution in [3.63, 3.8) is 0 Å². The molecule has 0 radical (unpaired) electrons. The van der Waals surface area contributed by atoms with Crippen LogP contribution in [0.15, 0.2) is 24.3 Å². The van der Waals surface area contributed by atoms with Gasteiger partial charge in [0.05, 0.1) is 10.6 Å². The molecule has 1 heterocycles. The van der Waals surface area contributed by atoms with Crippen LogP contribution >= 0.6 is 11.6 Å². The first-order chi connectivity index (χ1) is 8.99. The smallest absolute Gasteiger partial charge is 0.353 e. The number of amides is 1. The molecule has 8 heteroatoms. The van der Waals surface area contributed by atoms with Crippen LogP contribution in [0.4, 0.5) is 10.2 Å². The number of benzene rings is 1. The third-order valence-corrected chi connectivity index (χ3v) is 2.55. The molecule has 98 valence electrons. The lowest BCUT2D eigenvalue weighted by Gasteiger charge is -2.04. The molecule has 0 fully saturated rings. The average Bonchev–Trinajstić information content (AvgIpc) is 2.77. The first-order valence-electron chi connectivity index (χ1n) is 5.03. The van der Waals surface area contributed by atoms with E-state index >= 15 is 0 Å². The molecule has 0 spiro atoms. The number of rotatable bonds is 3. The Labute approximate surface area is 111 Å². The van der Waals surface area contributed by atoms with E-state index in [1.54, 1.807) is 0 Å². The summed E-state index contributed by atoms with van der Waals surface area (Å²) in [5, 5.41) is 16.6. The molecule has 1 amide bonds. The fourth-order valence-corrected chi connectivity index (χ4v) is 1.64. The molecule has 0 aliphatic heterocycles. The van der Waals surface area contributed by atoms with E-state index in [1.807, 2.05) is 0 Å². The van der Waals surface area contributed by atoms with Gasteiger partial charge in [0.25, 0.3) is 5.91 Å². The van der Waals surface area contributed by atoms with Crippen molar-refractivity contribution < 1.29 is 19.1 Å². The lowest BCUT2D eigenvalue weighted by atomic mass is 10.2. The highest BCUT2D eigenvalue weighted by Crippen LogP contribution is 2.20. The molecular formula is C11H7ClFN3O3. The summed E-state index contributed by atoms with van der Waals surface area (Å²) >= 11 is 5.72. The number of anilines is 1. The number of aromatic amines is 1. The van der Waals surface area contributed by atoms with Gasteiger partial charge in [-0.25, -0.2) is 9.18 Å². The van der Waals surface area contributed by atoms with E-state index in [-0.39, 0.29) is 22.1 Å². The normalized spacial score (nSPS) is 10.2. The van der Waals surface area contributed by atoms with Crippen molar-refractivity contribution >= 4 is 29.3 Å². The van der Waals surface area contributed by atoms with Crippen molar-refractivity contribution in [1.82, 2.24) is 10.2 Å². The van der Waals surface area contributed by atoms with Crippen LogP contribution in [-0.2, 0) is 0 Å². The summed E-state index contributed by atoms with van der Waals surface area (Å²) in [7, 11) is 0. The average molecular weight is 284 g/mol. The standard InChI is InChI=1S/C11H7ClFN3O3/c12-5-2-1-3-6(13)9(5)10(17)14-8-4-7(11(18)19)15-16-8/h1-4H,(H,18,19)(H2,14,15,16,17). The number of carbonyl (C=O) groups is 2. The second kappa shape index (κ2) is 5.07. The molecule has 3 N–H and O–H groups in total. The number of hydrogen-bond donors (Lipinski definition) is 3. The second-order valence-electron chi connectivity index (χ2n) is 3.52. The van der Waals surface area contributed by atoms with E-state index in [1.165, 1.54) is 12.1 Å². The van der Waals surface area contributed by atoms with Gasteiger partial charge in [-0.2, -0.15) is 5.10 Å². The third-order valence-electron chi connectivity index (χ3n) is 2.24. The van der Waals surface area contributed by atoms with Crippen molar-refractivity contribution in [3.05, 3.63) is 46.4 Å². The highest BCUT2D eigenvalue weighted by molar-refractivity contribution is 6.34. The van der Waals surface area contributed by atoms with E-state index in [0.29, 0.717) is 0 Å². The van der Waals surface area contributed by atoms with Gasteiger partial charge < -0.3 is 10.4 Å². The summed E-state index contributed by atoms with van der Waals surface area (Å²) in [6, 6.07) is 4.93. The number of hydrogen-bond acceptors (Lipinski definition) is 3. The molecule has 19 heavy (non-hydrogen) atoms. The first-order valence-corrected chi connectivity index (χ1v) is 5.41. The minimum atomic E-state index is -1.23. The zero-order valence-electron chi connectivity index (χ0n) is 9.28. The minimum Gasteiger partial charge on any atom is -0.477 e. The number of nitrogens with one attached hydrogen (secondary N) is 2. The van der Waals surface area contributed by atoms with Crippen molar-refractivity contribution in [1.29, 1.82) is 0 Å².